The highest BCUT2D eigenvalue weighted by atomic mass is 35.5. The molecule has 1 fully saturated rings. The van der Waals surface area contributed by atoms with Gasteiger partial charge in [0.1, 0.15) is 0 Å². The van der Waals surface area contributed by atoms with Gasteiger partial charge in [-0.3, -0.25) is 15.1 Å². The van der Waals surface area contributed by atoms with Crippen LogP contribution >= 0.6 is 11.6 Å². The molecule has 2 rings (SSSR count). The number of piperidine rings is 1. The van der Waals surface area contributed by atoms with Gasteiger partial charge in [0.15, 0.2) is 0 Å². The van der Waals surface area contributed by atoms with Crippen LogP contribution in [-0.4, -0.2) is 33.3 Å². The first-order valence-corrected chi connectivity index (χ1v) is 7.27. The molecule has 1 aromatic carbocycles. The molecule has 0 saturated carbocycles. The molecule has 1 heterocycles. The Labute approximate surface area is 128 Å². The minimum Gasteiger partial charge on any atom is -0.502 e. The summed E-state index contributed by atoms with van der Waals surface area (Å²) in [7, 11) is 0. The summed E-state index contributed by atoms with van der Waals surface area (Å²) < 4.78 is 0. The average molecular weight is 312 g/mol. The van der Waals surface area contributed by atoms with E-state index in [0.717, 1.165) is 18.9 Å². The van der Waals surface area contributed by atoms with Crippen LogP contribution in [0.25, 0.3) is 0 Å². The van der Waals surface area contributed by atoms with Gasteiger partial charge in [-0.15, -0.1) is 0 Å². The number of hydrogen-bond donors (Lipinski definition) is 1. The molecule has 0 unspecified atom stereocenters. The molecule has 0 radical (unpaired) electrons. The summed E-state index contributed by atoms with van der Waals surface area (Å²) >= 11 is 5.85. The fraction of sp³-hybridized carbons (Fsp3) is 0.500. The number of hydrazone groups is 1. The molecule has 1 N–H and O–H groups in total. The molecule has 0 aliphatic carbocycles. The quantitative estimate of drug-likeness (QED) is 0.526. The van der Waals surface area contributed by atoms with Crippen molar-refractivity contribution in [1.29, 1.82) is 0 Å². The van der Waals surface area contributed by atoms with E-state index in [-0.39, 0.29) is 10.6 Å². The van der Waals surface area contributed by atoms with Crippen LogP contribution < -0.4 is 0 Å². The zero-order chi connectivity index (χ0) is 15.6. The lowest BCUT2D eigenvalue weighted by Gasteiger charge is -2.36. The van der Waals surface area contributed by atoms with Gasteiger partial charge in [0, 0.05) is 28.7 Å². The van der Waals surface area contributed by atoms with Gasteiger partial charge in [0.25, 0.3) is 0 Å². The Hall–Kier alpha value is -1.82. The van der Waals surface area contributed by atoms with E-state index in [4.69, 9.17) is 11.6 Å². The summed E-state index contributed by atoms with van der Waals surface area (Å²) in [5.74, 6) is -0.412. The Morgan fingerprint density at radius 1 is 1.43 bits per heavy atom. The summed E-state index contributed by atoms with van der Waals surface area (Å²) in [6, 6.07) is 3.20. The molecule has 0 aromatic heterocycles. The van der Waals surface area contributed by atoms with Gasteiger partial charge in [0.2, 0.25) is 5.75 Å². The van der Waals surface area contributed by atoms with Crippen LogP contribution in [-0.2, 0) is 0 Å². The van der Waals surface area contributed by atoms with Gasteiger partial charge >= 0.3 is 5.69 Å². The van der Waals surface area contributed by atoms with Gasteiger partial charge in [-0.05, 0) is 39.2 Å². The summed E-state index contributed by atoms with van der Waals surface area (Å²) in [6.07, 6.45) is 4.72. The summed E-state index contributed by atoms with van der Waals surface area (Å²) in [5, 5.41) is 27.4. The van der Waals surface area contributed by atoms with Crippen molar-refractivity contribution in [2.45, 2.75) is 45.2 Å². The number of benzene rings is 1. The molecular formula is C14H18ClN3O3. The molecule has 1 aliphatic heterocycles. The number of nitro groups is 1. The normalized spacial score (nSPS) is 22.7. The van der Waals surface area contributed by atoms with Crippen molar-refractivity contribution >= 4 is 23.5 Å². The van der Waals surface area contributed by atoms with E-state index in [1.807, 2.05) is 5.01 Å². The maximum Gasteiger partial charge on any atom is 0.312 e. The van der Waals surface area contributed by atoms with Crippen LogP contribution in [0.3, 0.4) is 0 Å². The van der Waals surface area contributed by atoms with E-state index in [9.17, 15) is 15.2 Å². The topological polar surface area (TPSA) is 79.0 Å². The lowest BCUT2D eigenvalue weighted by molar-refractivity contribution is -0.385. The highest BCUT2D eigenvalue weighted by Gasteiger charge is 2.23. The van der Waals surface area contributed by atoms with Crippen LogP contribution in [0, 0.1) is 10.1 Å². The molecule has 0 bridgehead atoms. The minimum absolute atomic E-state index is 0.195. The molecular weight excluding hydrogens is 294 g/mol. The van der Waals surface area contributed by atoms with Crippen molar-refractivity contribution in [2.24, 2.45) is 5.10 Å². The highest BCUT2D eigenvalue weighted by molar-refractivity contribution is 6.31. The Bertz CT molecular complexity index is 567. The lowest BCUT2D eigenvalue weighted by Crippen LogP contribution is -2.39. The van der Waals surface area contributed by atoms with Gasteiger partial charge < -0.3 is 5.11 Å². The van der Waals surface area contributed by atoms with Gasteiger partial charge in [-0.2, -0.15) is 5.10 Å². The lowest BCUT2D eigenvalue weighted by atomic mass is 10.00. The number of nitrogens with zero attached hydrogens (tertiary/aromatic N) is 3. The predicted molar refractivity (Wildman–Crippen MR) is 82.0 cm³/mol. The molecule has 6 nitrogen and oxygen atoms in total. The fourth-order valence-corrected chi connectivity index (χ4v) is 2.83. The van der Waals surface area contributed by atoms with E-state index in [0.29, 0.717) is 12.1 Å². The van der Waals surface area contributed by atoms with E-state index < -0.39 is 16.4 Å². The summed E-state index contributed by atoms with van der Waals surface area (Å²) in [5.41, 5.74) is -0.164. The maximum atomic E-state index is 10.9. The second kappa shape index (κ2) is 6.30. The Kier molecular flexibility index (Phi) is 4.67. The standard InChI is InChI=1S/C14H18ClN3O3/c1-9-4-3-5-10(2)17(9)16-8-11-6-12(15)7-13(14(11)19)18(20)21/h6-10,19H,3-5H2,1-2H3/b16-8-/t9-,10+. The molecule has 1 aromatic rings. The van der Waals surface area contributed by atoms with Crippen molar-refractivity contribution in [3.8, 4) is 5.75 Å². The van der Waals surface area contributed by atoms with Crippen molar-refractivity contribution in [3.63, 3.8) is 0 Å². The first kappa shape index (κ1) is 15.6. The SMILES string of the molecule is C[C@@H]1CCC[C@H](C)N1/N=C\c1cc(Cl)cc([N+](=O)[O-])c1O. The van der Waals surface area contributed by atoms with Gasteiger partial charge in [0.05, 0.1) is 11.1 Å². The summed E-state index contributed by atoms with van der Waals surface area (Å²) in [4.78, 5) is 10.2. The van der Waals surface area contributed by atoms with E-state index in [1.165, 1.54) is 18.7 Å². The third-order valence-corrected chi connectivity index (χ3v) is 3.98. The van der Waals surface area contributed by atoms with Crippen molar-refractivity contribution in [1.82, 2.24) is 5.01 Å². The minimum atomic E-state index is -0.662. The second-order valence-electron chi connectivity index (χ2n) is 5.37. The van der Waals surface area contributed by atoms with Crippen molar-refractivity contribution in [2.75, 3.05) is 0 Å². The third kappa shape index (κ3) is 3.44. The Balaban J connectivity index is 2.30. The monoisotopic (exact) mass is 311 g/mol. The molecule has 0 spiro atoms. The Morgan fingerprint density at radius 2 is 2.05 bits per heavy atom. The number of aromatic hydroxyl groups is 1. The first-order chi connectivity index (χ1) is 9.90. The Morgan fingerprint density at radius 3 is 2.62 bits per heavy atom. The highest BCUT2D eigenvalue weighted by Crippen LogP contribution is 2.32. The largest absolute Gasteiger partial charge is 0.502 e. The van der Waals surface area contributed by atoms with Crippen molar-refractivity contribution in [3.05, 3.63) is 32.8 Å². The number of halogens is 1. The van der Waals surface area contributed by atoms with Crippen LogP contribution in [0.15, 0.2) is 17.2 Å². The zero-order valence-corrected chi connectivity index (χ0v) is 12.7. The van der Waals surface area contributed by atoms with E-state index in [1.54, 1.807) is 0 Å². The number of phenolic OH excluding ortho intramolecular Hbond substituents is 1. The van der Waals surface area contributed by atoms with Crippen LogP contribution in [0.5, 0.6) is 5.75 Å². The van der Waals surface area contributed by atoms with E-state index in [2.05, 4.69) is 18.9 Å². The molecule has 114 valence electrons. The van der Waals surface area contributed by atoms with Crippen LogP contribution in [0.1, 0.15) is 38.7 Å². The zero-order valence-electron chi connectivity index (χ0n) is 12.0. The molecule has 0 amide bonds. The smallest absolute Gasteiger partial charge is 0.312 e. The molecule has 1 aliphatic rings. The summed E-state index contributed by atoms with van der Waals surface area (Å²) in [6.45, 7) is 4.18. The van der Waals surface area contributed by atoms with Crippen LogP contribution in [0.2, 0.25) is 5.02 Å². The molecule has 2 atom stereocenters. The maximum absolute atomic E-state index is 10.9. The molecule has 7 heteroatoms. The second-order valence-corrected chi connectivity index (χ2v) is 5.81. The molecule has 21 heavy (non-hydrogen) atoms. The van der Waals surface area contributed by atoms with Gasteiger partial charge in [-0.25, -0.2) is 0 Å². The molecule has 1 saturated heterocycles. The number of rotatable bonds is 3. The number of phenols is 1. The number of nitro benzene ring substituents is 1. The van der Waals surface area contributed by atoms with Crippen molar-refractivity contribution < 1.29 is 10.0 Å². The fourth-order valence-electron chi connectivity index (χ4n) is 2.61. The predicted octanol–water partition coefficient (Wildman–Crippen LogP) is 3.55. The van der Waals surface area contributed by atoms with Crippen LogP contribution in [0.4, 0.5) is 5.69 Å². The van der Waals surface area contributed by atoms with E-state index >= 15 is 0 Å². The third-order valence-electron chi connectivity index (χ3n) is 3.76. The van der Waals surface area contributed by atoms with Gasteiger partial charge in [-0.1, -0.05) is 11.6 Å². The average Bonchev–Trinajstić information content (AvgIpc) is 2.41. The number of hydrogen-bond acceptors (Lipinski definition) is 5. The first-order valence-electron chi connectivity index (χ1n) is 6.89.